The van der Waals surface area contributed by atoms with Gasteiger partial charge in [0.1, 0.15) is 17.2 Å². The van der Waals surface area contributed by atoms with Crippen LogP contribution in [0.3, 0.4) is 0 Å². The molecule has 2 rings (SSSR count). The van der Waals surface area contributed by atoms with Gasteiger partial charge >= 0.3 is 0 Å². The number of halogens is 2. The summed E-state index contributed by atoms with van der Waals surface area (Å²) in [6, 6.07) is 1.97. The predicted molar refractivity (Wildman–Crippen MR) is 53.4 cm³/mol. The van der Waals surface area contributed by atoms with Crippen LogP contribution in [0.15, 0.2) is 12.1 Å². The Morgan fingerprint density at radius 1 is 1.47 bits per heavy atom. The topological polar surface area (TPSA) is 54.7 Å². The van der Waals surface area contributed by atoms with Crippen molar-refractivity contribution in [2.24, 2.45) is 5.73 Å². The van der Waals surface area contributed by atoms with Crippen molar-refractivity contribution in [2.75, 3.05) is 0 Å². The second-order valence-electron chi connectivity index (χ2n) is 3.65. The first kappa shape index (κ1) is 10.0. The van der Waals surface area contributed by atoms with Gasteiger partial charge in [-0.3, -0.25) is 0 Å². The Morgan fingerprint density at radius 3 is 2.87 bits per heavy atom. The SMILES string of the molecule is CC(N)Cc1nc2c(F)cc(F)cc2[nH]1. The molecule has 0 fully saturated rings. The maximum Gasteiger partial charge on any atom is 0.153 e. The zero-order chi connectivity index (χ0) is 11.0. The fourth-order valence-corrected chi connectivity index (χ4v) is 1.49. The maximum atomic E-state index is 13.2. The first-order chi connectivity index (χ1) is 7.06. The monoisotopic (exact) mass is 211 g/mol. The summed E-state index contributed by atoms with van der Waals surface area (Å²) in [5.41, 5.74) is 6.11. The minimum Gasteiger partial charge on any atom is -0.342 e. The summed E-state index contributed by atoms with van der Waals surface area (Å²) in [7, 11) is 0. The van der Waals surface area contributed by atoms with Crippen LogP contribution in [-0.4, -0.2) is 16.0 Å². The van der Waals surface area contributed by atoms with Gasteiger partial charge in [-0.15, -0.1) is 0 Å². The first-order valence-electron chi connectivity index (χ1n) is 4.65. The number of aromatic amines is 1. The molecule has 2 aromatic rings. The Hall–Kier alpha value is -1.49. The molecule has 0 saturated heterocycles. The smallest absolute Gasteiger partial charge is 0.153 e. The fourth-order valence-electron chi connectivity index (χ4n) is 1.49. The van der Waals surface area contributed by atoms with Crippen molar-refractivity contribution in [1.29, 1.82) is 0 Å². The Balaban J connectivity index is 2.50. The molecule has 1 aromatic heterocycles. The molecule has 1 aromatic carbocycles. The van der Waals surface area contributed by atoms with E-state index in [-0.39, 0.29) is 11.6 Å². The summed E-state index contributed by atoms with van der Waals surface area (Å²) in [5.74, 6) is -0.697. The summed E-state index contributed by atoms with van der Waals surface area (Å²) in [4.78, 5) is 6.85. The third-order valence-electron chi connectivity index (χ3n) is 2.07. The van der Waals surface area contributed by atoms with Gasteiger partial charge in [-0.25, -0.2) is 13.8 Å². The molecule has 3 N–H and O–H groups in total. The van der Waals surface area contributed by atoms with Crippen molar-refractivity contribution in [3.8, 4) is 0 Å². The molecule has 80 valence electrons. The third kappa shape index (κ3) is 1.97. The highest BCUT2D eigenvalue weighted by atomic mass is 19.1. The van der Waals surface area contributed by atoms with Gasteiger partial charge in [-0.1, -0.05) is 0 Å². The summed E-state index contributed by atoms with van der Waals surface area (Å²) in [5, 5.41) is 0. The van der Waals surface area contributed by atoms with Gasteiger partial charge in [-0.05, 0) is 13.0 Å². The molecule has 5 heteroatoms. The molecule has 0 spiro atoms. The van der Waals surface area contributed by atoms with E-state index in [1.807, 2.05) is 6.92 Å². The molecule has 0 aliphatic rings. The van der Waals surface area contributed by atoms with Crippen molar-refractivity contribution in [1.82, 2.24) is 9.97 Å². The minimum atomic E-state index is -0.655. The molecule has 3 nitrogen and oxygen atoms in total. The number of aromatic nitrogens is 2. The highest BCUT2D eigenvalue weighted by Gasteiger charge is 2.10. The number of hydrogen-bond donors (Lipinski definition) is 2. The fraction of sp³-hybridized carbons (Fsp3) is 0.300. The second kappa shape index (κ2) is 3.58. The van der Waals surface area contributed by atoms with Crippen molar-refractivity contribution in [3.63, 3.8) is 0 Å². The van der Waals surface area contributed by atoms with Crippen LogP contribution in [-0.2, 0) is 6.42 Å². The summed E-state index contributed by atoms with van der Waals surface area (Å²) >= 11 is 0. The van der Waals surface area contributed by atoms with Crippen molar-refractivity contribution in [2.45, 2.75) is 19.4 Å². The molecule has 1 unspecified atom stereocenters. The number of benzene rings is 1. The van der Waals surface area contributed by atoms with Crippen LogP contribution in [0.5, 0.6) is 0 Å². The Bertz CT molecular complexity index is 491. The van der Waals surface area contributed by atoms with E-state index < -0.39 is 11.6 Å². The number of nitrogens with one attached hydrogen (secondary N) is 1. The zero-order valence-electron chi connectivity index (χ0n) is 8.22. The molecule has 0 bridgehead atoms. The second-order valence-corrected chi connectivity index (χ2v) is 3.65. The maximum absolute atomic E-state index is 13.2. The molecule has 0 saturated carbocycles. The quantitative estimate of drug-likeness (QED) is 0.794. The Labute approximate surface area is 85.3 Å². The normalized spacial score (nSPS) is 13.3. The number of fused-ring (bicyclic) bond motifs is 1. The van der Waals surface area contributed by atoms with E-state index in [2.05, 4.69) is 9.97 Å². The molecule has 0 radical (unpaired) electrons. The van der Waals surface area contributed by atoms with Crippen LogP contribution in [0.4, 0.5) is 8.78 Å². The molecular formula is C10H11F2N3. The van der Waals surface area contributed by atoms with Gasteiger partial charge in [-0.2, -0.15) is 0 Å². The van der Waals surface area contributed by atoms with E-state index in [0.29, 0.717) is 17.8 Å². The van der Waals surface area contributed by atoms with Gasteiger partial charge in [0, 0.05) is 18.5 Å². The number of nitrogens with two attached hydrogens (primary N) is 1. The average molecular weight is 211 g/mol. The van der Waals surface area contributed by atoms with E-state index in [4.69, 9.17) is 5.73 Å². The van der Waals surface area contributed by atoms with E-state index >= 15 is 0 Å². The lowest BCUT2D eigenvalue weighted by atomic mass is 10.2. The van der Waals surface area contributed by atoms with Crippen molar-refractivity contribution in [3.05, 3.63) is 29.6 Å². The van der Waals surface area contributed by atoms with Gasteiger partial charge in [0.2, 0.25) is 0 Å². The molecule has 1 heterocycles. The van der Waals surface area contributed by atoms with E-state index in [9.17, 15) is 8.78 Å². The summed E-state index contributed by atoms with van der Waals surface area (Å²) in [6.07, 6.45) is 0.510. The standard InChI is InChI=1S/C10H11F2N3/c1-5(13)2-9-14-8-4-6(11)3-7(12)10(8)15-9/h3-5H,2,13H2,1H3,(H,14,15). The van der Waals surface area contributed by atoms with Gasteiger partial charge in [0.25, 0.3) is 0 Å². The summed E-state index contributed by atoms with van der Waals surface area (Å²) in [6.45, 7) is 1.82. The van der Waals surface area contributed by atoms with Gasteiger partial charge in [0.05, 0.1) is 5.52 Å². The lowest BCUT2D eigenvalue weighted by Crippen LogP contribution is -2.18. The molecule has 0 aliphatic carbocycles. The number of nitrogens with zero attached hydrogens (tertiary/aromatic N) is 1. The van der Waals surface area contributed by atoms with Crippen LogP contribution in [0.25, 0.3) is 11.0 Å². The molecular weight excluding hydrogens is 200 g/mol. The largest absolute Gasteiger partial charge is 0.342 e. The molecule has 0 aliphatic heterocycles. The lowest BCUT2D eigenvalue weighted by Gasteiger charge is -1.98. The molecule has 1 atom stereocenters. The van der Waals surface area contributed by atoms with Gasteiger partial charge < -0.3 is 10.7 Å². The highest BCUT2D eigenvalue weighted by molar-refractivity contribution is 5.75. The van der Waals surface area contributed by atoms with E-state index in [0.717, 1.165) is 6.07 Å². The number of H-pyrrole nitrogens is 1. The molecule has 15 heavy (non-hydrogen) atoms. The average Bonchev–Trinajstić information content (AvgIpc) is 2.45. The third-order valence-corrected chi connectivity index (χ3v) is 2.07. The van der Waals surface area contributed by atoms with Crippen LogP contribution in [0.2, 0.25) is 0 Å². The zero-order valence-corrected chi connectivity index (χ0v) is 8.22. The van der Waals surface area contributed by atoms with Crippen molar-refractivity contribution < 1.29 is 8.78 Å². The van der Waals surface area contributed by atoms with Crippen LogP contribution < -0.4 is 5.73 Å². The molecule has 0 amide bonds. The predicted octanol–water partition coefficient (Wildman–Crippen LogP) is 1.73. The first-order valence-corrected chi connectivity index (χ1v) is 4.65. The lowest BCUT2D eigenvalue weighted by molar-refractivity contribution is 0.590. The van der Waals surface area contributed by atoms with Crippen LogP contribution >= 0.6 is 0 Å². The van der Waals surface area contributed by atoms with Crippen molar-refractivity contribution >= 4 is 11.0 Å². The highest BCUT2D eigenvalue weighted by Crippen LogP contribution is 2.17. The number of hydrogen-bond acceptors (Lipinski definition) is 2. The van der Waals surface area contributed by atoms with Crippen LogP contribution in [0, 0.1) is 11.6 Å². The van der Waals surface area contributed by atoms with E-state index in [1.54, 1.807) is 0 Å². The Kier molecular flexibility index (Phi) is 2.40. The summed E-state index contributed by atoms with van der Waals surface area (Å²) < 4.78 is 26.1. The minimum absolute atomic E-state index is 0.0709. The van der Waals surface area contributed by atoms with Crippen LogP contribution in [0.1, 0.15) is 12.7 Å². The Morgan fingerprint density at radius 2 is 2.20 bits per heavy atom. The number of rotatable bonds is 2. The number of imidazole rings is 1. The van der Waals surface area contributed by atoms with E-state index in [1.165, 1.54) is 6.07 Å². The van der Waals surface area contributed by atoms with Gasteiger partial charge in [0.15, 0.2) is 5.82 Å².